The monoisotopic (exact) mass is 420 g/mol. The standard InChI is InChI=1S/C21H16N4O2S2/c26-18(11-14-7-3-1-4-8-14)24-25-20(27)17(29-21(25)28)12-16-13-22-23-19(16)15-9-5-2-6-10-15/h1-10,12-13,27H,11H2,(H,24,26)/b16-12+. The van der Waals surface area contributed by atoms with Crippen LogP contribution in [-0.2, 0) is 11.2 Å². The molecule has 1 aliphatic rings. The van der Waals surface area contributed by atoms with Crippen LogP contribution in [0.4, 0.5) is 0 Å². The first kappa shape index (κ1) is 19.0. The van der Waals surface area contributed by atoms with E-state index in [0.29, 0.717) is 14.5 Å². The zero-order chi connectivity index (χ0) is 20.2. The summed E-state index contributed by atoms with van der Waals surface area (Å²) in [7, 11) is 0. The summed E-state index contributed by atoms with van der Waals surface area (Å²) >= 11 is 6.51. The molecule has 1 aromatic heterocycles. The van der Waals surface area contributed by atoms with Crippen molar-refractivity contribution in [1.82, 2.24) is 4.68 Å². The fraction of sp³-hybridized carbons (Fsp3) is 0.0476. The molecule has 0 spiro atoms. The van der Waals surface area contributed by atoms with Crippen molar-refractivity contribution < 1.29 is 9.90 Å². The van der Waals surface area contributed by atoms with Crippen molar-refractivity contribution in [1.29, 1.82) is 0 Å². The molecule has 0 aliphatic carbocycles. The van der Waals surface area contributed by atoms with E-state index in [1.54, 1.807) is 12.3 Å². The van der Waals surface area contributed by atoms with Gasteiger partial charge in [0.05, 0.1) is 17.5 Å². The molecule has 2 N–H and O–H groups in total. The van der Waals surface area contributed by atoms with Crippen molar-refractivity contribution in [3.05, 3.63) is 86.2 Å². The fourth-order valence-electron chi connectivity index (χ4n) is 2.86. The van der Waals surface area contributed by atoms with Gasteiger partial charge in [0.15, 0.2) is 3.95 Å². The molecule has 0 saturated carbocycles. The quantitative estimate of drug-likeness (QED) is 0.608. The number of aromatic hydroxyl groups is 1. The topological polar surface area (TPSA) is 79.0 Å². The summed E-state index contributed by atoms with van der Waals surface area (Å²) in [4.78, 5) is 12.9. The second-order valence-electron chi connectivity index (χ2n) is 6.25. The van der Waals surface area contributed by atoms with Gasteiger partial charge in [-0.3, -0.25) is 10.2 Å². The van der Waals surface area contributed by atoms with E-state index in [9.17, 15) is 9.90 Å². The number of hydrogen-bond donors (Lipinski definition) is 2. The number of nitrogens with zero attached hydrogens (tertiary/aromatic N) is 3. The highest BCUT2D eigenvalue weighted by atomic mass is 32.1. The molecule has 1 aliphatic heterocycles. The van der Waals surface area contributed by atoms with E-state index in [0.717, 1.165) is 16.7 Å². The Morgan fingerprint density at radius 3 is 2.55 bits per heavy atom. The minimum absolute atomic E-state index is 0.123. The van der Waals surface area contributed by atoms with Crippen LogP contribution in [0.15, 0.2) is 76.4 Å². The van der Waals surface area contributed by atoms with Crippen LogP contribution in [0.25, 0.3) is 6.08 Å². The van der Waals surface area contributed by atoms with Gasteiger partial charge in [-0.25, -0.2) is 0 Å². The van der Waals surface area contributed by atoms with Gasteiger partial charge in [0.1, 0.15) is 5.71 Å². The fourth-order valence-corrected chi connectivity index (χ4v) is 4.04. The third-order valence-corrected chi connectivity index (χ3v) is 5.53. The molecule has 0 fully saturated rings. The zero-order valence-electron chi connectivity index (χ0n) is 15.1. The summed E-state index contributed by atoms with van der Waals surface area (Å²) in [6.07, 6.45) is 3.58. The number of aromatic nitrogens is 1. The smallest absolute Gasteiger partial charge is 0.243 e. The van der Waals surface area contributed by atoms with Crippen molar-refractivity contribution >= 4 is 47.5 Å². The highest BCUT2D eigenvalue weighted by Crippen LogP contribution is 2.28. The maximum Gasteiger partial charge on any atom is 0.243 e. The first-order valence-corrected chi connectivity index (χ1v) is 10.0. The van der Waals surface area contributed by atoms with Gasteiger partial charge >= 0.3 is 0 Å². The first-order chi connectivity index (χ1) is 14.1. The van der Waals surface area contributed by atoms with Crippen LogP contribution in [-0.4, -0.2) is 27.6 Å². The number of benzene rings is 2. The molecular formula is C21H16N4O2S2. The van der Waals surface area contributed by atoms with Crippen molar-refractivity contribution in [3.8, 4) is 5.88 Å². The molecule has 144 valence electrons. The molecule has 3 aromatic rings. The summed E-state index contributed by atoms with van der Waals surface area (Å²) < 4.78 is 1.56. The Balaban J connectivity index is 1.57. The van der Waals surface area contributed by atoms with E-state index in [4.69, 9.17) is 12.2 Å². The summed E-state index contributed by atoms with van der Waals surface area (Å²) in [5.41, 5.74) is 5.92. The maximum atomic E-state index is 12.3. The molecule has 4 rings (SSSR count). The lowest BCUT2D eigenvalue weighted by Gasteiger charge is -2.07. The van der Waals surface area contributed by atoms with Gasteiger partial charge in [0, 0.05) is 11.1 Å². The molecule has 0 saturated heterocycles. The lowest BCUT2D eigenvalue weighted by molar-refractivity contribution is -0.116. The highest BCUT2D eigenvalue weighted by Gasteiger charge is 2.17. The minimum atomic E-state index is -0.270. The third-order valence-electron chi connectivity index (χ3n) is 4.22. The Morgan fingerprint density at radius 2 is 1.83 bits per heavy atom. The van der Waals surface area contributed by atoms with Crippen molar-refractivity contribution in [2.24, 2.45) is 10.2 Å². The number of carbonyl (C=O) groups is 1. The van der Waals surface area contributed by atoms with E-state index >= 15 is 0 Å². The van der Waals surface area contributed by atoms with Crippen LogP contribution in [0, 0.1) is 3.95 Å². The van der Waals surface area contributed by atoms with Gasteiger partial charge in [0.2, 0.25) is 11.8 Å². The van der Waals surface area contributed by atoms with Gasteiger partial charge in [-0.15, -0.1) is 5.10 Å². The Bertz CT molecular complexity index is 1190. The first-order valence-electron chi connectivity index (χ1n) is 8.79. The largest absolute Gasteiger partial charge is 0.492 e. The molecule has 2 aromatic carbocycles. The van der Waals surface area contributed by atoms with Crippen LogP contribution in [0.1, 0.15) is 16.0 Å². The normalized spacial score (nSPS) is 14.2. The van der Waals surface area contributed by atoms with Crippen LogP contribution < -0.4 is 5.43 Å². The van der Waals surface area contributed by atoms with Gasteiger partial charge in [-0.05, 0) is 23.9 Å². The molecule has 2 heterocycles. The average molecular weight is 421 g/mol. The maximum absolute atomic E-state index is 12.3. The Labute approximate surface area is 176 Å². The number of carbonyl (C=O) groups excluding carboxylic acids is 1. The Hall–Kier alpha value is -3.36. The SMILES string of the molecule is O=C(Cc1ccccc1)Nn1c(O)c(/C=C2\C=NN=C2c2ccccc2)sc1=S. The Kier molecular flexibility index (Phi) is 5.46. The predicted molar refractivity (Wildman–Crippen MR) is 119 cm³/mol. The van der Waals surface area contributed by atoms with Crippen molar-refractivity contribution in [2.75, 3.05) is 5.43 Å². The van der Waals surface area contributed by atoms with E-state index in [2.05, 4.69) is 15.6 Å². The number of hydrogen-bond acceptors (Lipinski definition) is 6. The average Bonchev–Trinajstić information content (AvgIpc) is 3.30. The molecule has 1 amide bonds. The molecule has 0 unspecified atom stereocenters. The lowest BCUT2D eigenvalue weighted by atomic mass is 10.0. The van der Waals surface area contributed by atoms with E-state index in [-0.39, 0.29) is 18.2 Å². The van der Waals surface area contributed by atoms with Crippen LogP contribution in [0.3, 0.4) is 0 Å². The molecule has 0 bridgehead atoms. The number of allylic oxidation sites excluding steroid dienone is 1. The summed E-state index contributed by atoms with van der Waals surface area (Å²) in [5.74, 6) is -0.393. The third kappa shape index (κ3) is 4.23. The number of thiazole rings is 1. The zero-order valence-corrected chi connectivity index (χ0v) is 16.8. The molecular weight excluding hydrogens is 404 g/mol. The molecule has 29 heavy (non-hydrogen) atoms. The number of nitrogens with one attached hydrogen (secondary N) is 1. The minimum Gasteiger partial charge on any atom is -0.492 e. The van der Waals surface area contributed by atoms with Gasteiger partial charge in [0.25, 0.3) is 0 Å². The number of rotatable bonds is 5. The van der Waals surface area contributed by atoms with Crippen LogP contribution in [0.2, 0.25) is 0 Å². The van der Waals surface area contributed by atoms with E-state index in [1.807, 2.05) is 60.7 Å². The van der Waals surface area contributed by atoms with Gasteiger partial charge < -0.3 is 5.11 Å². The summed E-state index contributed by atoms with van der Waals surface area (Å²) in [5, 5.41) is 18.8. The van der Waals surface area contributed by atoms with Gasteiger partial charge in [-0.1, -0.05) is 72.0 Å². The predicted octanol–water partition coefficient (Wildman–Crippen LogP) is 4.17. The molecule has 6 nitrogen and oxygen atoms in total. The van der Waals surface area contributed by atoms with Gasteiger partial charge in [-0.2, -0.15) is 9.78 Å². The summed E-state index contributed by atoms with van der Waals surface area (Å²) in [6, 6.07) is 19.0. The number of amides is 1. The van der Waals surface area contributed by atoms with Crippen LogP contribution >= 0.6 is 23.6 Å². The van der Waals surface area contributed by atoms with E-state index in [1.165, 1.54) is 16.0 Å². The second-order valence-corrected chi connectivity index (χ2v) is 7.92. The summed E-state index contributed by atoms with van der Waals surface area (Å²) in [6.45, 7) is 0. The second kappa shape index (κ2) is 8.34. The molecule has 8 heteroatoms. The van der Waals surface area contributed by atoms with Crippen LogP contribution in [0.5, 0.6) is 5.88 Å². The van der Waals surface area contributed by atoms with E-state index < -0.39 is 0 Å². The highest BCUT2D eigenvalue weighted by molar-refractivity contribution is 7.73. The Morgan fingerprint density at radius 1 is 1.14 bits per heavy atom. The van der Waals surface area contributed by atoms with Crippen molar-refractivity contribution in [3.63, 3.8) is 0 Å². The lowest BCUT2D eigenvalue weighted by Crippen LogP contribution is -2.24. The van der Waals surface area contributed by atoms with Crippen molar-refractivity contribution in [2.45, 2.75) is 6.42 Å². The molecule has 0 atom stereocenters. The molecule has 0 radical (unpaired) electrons.